The highest BCUT2D eigenvalue weighted by atomic mass is 35.5. The first-order valence-corrected chi connectivity index (χ1v) is 8.43. The van der Waals surface area contributed by atoms with E-state index in [2.05, 4.69) is 15.1 Å². The zero-order valence-corrected chi connectivity index (χ0v) is 14.9. The van der Waals surface area contributed by atoms with Crippen LogP contribution in [-0.2, 0) is 17.1 Å². The number of benzene rings is 1. The zero-order chi connectivity index (χ0) is 17.0. The number of hydrogen-bond donors (Lipinski definition) is 3. The van der Waals surface area contributed by atoms with Crippen LogP contribution in [0.2, 0.25) is 0 Å². The molecule has 0 bridgehead atoms. The lowest BCUT2D eigenvalue weighted by atomic mass is 10.2. The molecule has 0 aliphatic rings. The molecule has 2 aromatic rings. The number of aryl methyl sites for hydroxylation is 2. The van der Waals surface area contributed by atoms with Crippen LogP contribution in [0.4, 0.5) is 5.69 Å². The predicted octanol–water partition coefficient (Wildman–Crippen LogP) is 0.640. The maximum absolute atomic E-state index is 12.2. The van der Waals surface area contributed by atoms with Crippen molar-refractivity contribution in [1.82, 2.24) is 14.5 Å². The van der Waals surface area contributed by atoms with Crippen molar-refractivity contribution in [3.63, 3.8) is 0 Å². The molecule has 24 heavy (non-hydrogen) atoms. The molecule has 0 atom stereocenters. The van der Waals surface area contributed by atoms with Crippen molar-refractivity contribution in [3.8, 4) is 0 Å². The number of nitrogens with one attached hydrogen (secondary N) is 2. The Morgan fingerprint density at radius 3 is 2.67 bits per heavy atom. The lowest BCUT2D eigenvalue weighted by Crippen LogP contribution is -2.29. The van der Waals surface area contributed by atoms with Crippen molar-refractivity contribution < 1.29 is 13.2 Å². The summed E-state index contributed by atoms with van der Waals surface area (Å²) >= 11 is 0. The van der Waals surface area contributed by atoms with Gasteiger partial charge in [0.05, 0.1) is 16.2 Å². The van der Waals surface area contributed by atoms with Crippen LogP contribution < -0.4 is 15.8 Å². The van der Waals surface area contributed by atoms with Crippen molar-refractivity contribution in [2.24, 2.45) is 12.8 Å². The number of sulfonamides is 1. The molecule has 1 aromatic carbocycles. The molecule has 0 aliphatic carbocycles. The fraction of sp³-hybridized carbons (Fsp3) is 0.286. The Morgan fingerprint density at radius 2 is 2.08 bits per heavy atom. The quantitative estimate of drug-likeness (QED) is 0.686. The van der Waals surface area contributed by atoms with Gasteiger partial charge in [0.15, 0.2) is 0 Å². The summed E-state index contributed by atoms with van der Waals surface area (Å²) in [4.78, 5) is 12.3. The molecule has 4 N–H and O–H groups in total. The first-order valence-electron chi connectivity index (χ1n) is 6.95. The maximum atomic E-state index is 12.2. The highest BCUT2D eigenvalue weighted by Crippen LogP contribution is 2.17. The summed E-state index contributed by atoms with van der Waals surface area (Å²) in [5, 5.41) is 6.77. The molecule has 0 fully saturated rings. The van der Waals surface area contributed by atoms with Crippen molar-refractivity contribution in [2.45, 2.75) is 11.8 Å². The number of nitrogens with zero attached hydrogens (tertiary/aromatic N) is 2. The topological polar surface area (TPSA) is 119 Å². The van der Waals surface area contributed by atoms with E-state index in [1.54, 1.807) is 37.0 Å². The van der Waals surface area contributed by atoms with Crippen molar-refractivity contribution in [3.05, 3.63) is 41.7 Å². The van der Waals surface area contributed by atoms with Gasteiger partial charge in [0.25, 0.3) is 5.91 Å². The molecular formula is C14H20ClN5O3S. The van der Waals surface area contributed by atoms with E-state index in [1.807, 2.05) is 0 Å². The first-order chi connectivity index (χ1) is 10.8. The molecule has 0 unspecified atom stereocenters. The molecule has 1 aromatic heterocycles. The minimum Gasteiger partial charge on any atom is -0.329 e. The lowest BCUT2D eigenvalue weighted by Gasteiger charge is -2.08. The number of carbonyl (C=O) groups excluding carboxylic acids is 1. The fourth-order valence-corrected chi connectivity index (χ4v) is 3.13. The Balaban J connectivity index is 0.00000288. The van der Waals surface area contributed by atoms with Gasteiger partial charge in [-0.1, -0.05) is 6.07 Å². The third-order valence-electron chi connectivity index (χ3n) is 3.10. The van der Waals surface area contributed by atoms with Crippen molar-refractivity contribution >= 4 is 34.0 Å². The summed E-state index contributed by atoms with van der Waals surface area (Å²) in [6.45, 7) is 2.08. The van der Waals surface area contributed by atoms with Crippen LogP contribution in [0.1, 0.15) is 16.1 Å². The first kappa shape index (κ1) is 20.1. The van der Waals surface area contributed by atoms with Gasteiger partial charge in [-0.05, 0) is 25.1 Å². The second-order valence-corrected chi connectivity index (χ2v) is 6.74. The van der Waals surface area contributed by atoms with Crippen LogP contribution >= 0.6 is 12.4 Å². The van der Waals surface area contributed by atoms with E-state index in [0.717, 1.165) is 0 Å². The molecule has 132 valence electrons. The minimum atomic E-state index is -3.65. The van der Waals surface area contributed by atoms with E-state index in [-0.39, 0.29) is 36.3 Å². The molecule has 0 radical (unpaired) electrons. The summed E-state index contributed by atoms with van der Waals surface area (Å²) in [5.74, 6) is -0.347. The third-order valence-corrected chi connectivity index (χ3v) is 4.56. The highest BCUT2D eigenvalue weighted by Gasteiger charge is 2.16. The molecule has 8 nitrogen and oxygen atoms in total. The van der Waals surface area contributed by atoms with Gasteiger partial charge < -0.3 is 11.1 Å². The number of carbonyl (C=O) groups is 1. The average molecular weight is 374 g/mol. The third kappa shape index (κ3) is 4.78. The fourth-order valence-electron chi connectivity index (χ4n) is 2.04. The van der Waals surface area contributed by atoms with E-state index in [0.29, 0.717) is 16.9 Å². The summed E-state index contributed by atoms with van der Waals surface area (Å²) in [6, 6.07) is 6.01. The summed E-state index contributed by atoms with van der Waals surface area (Å²) in [7, 11) is -1.92. The van der Waals surface area contributed by atoms with E-state index < -0.39 is 10.0 Å². The van der Waals surface area contributed by atoms with Crippen LogP contribution in [0, 0.1) is 6.92 Å². The molecule has 1 heterocycles. The minimum absolute atomic E-state index is 0. The monoisotopic (exact) mass is 373 g/mol. The summed E-state index contributed by atoms with van der Waals surface area (Å²) in [6.07, 6.45) is 1.61. The van der Waals surface area contributed by atoms with Gasteiger partial charge in [0.2, 0.25) is 10.0 Å². The number of hydrogen-bond acceptors (Lipinski definition) is 5. The molecule has 0 saturated heterocycles. The smallest absolute Gasteiger partial charge is 0.259 e. The van der Waals surface area contributed by atoms with Crippen molar-refractivity contribution in [1.29, 1.82) is 0 Å². The molecule has 0 spiro atoms. The predicted molar refractivity (Wildman–Crippen MR) is 93.8 cm³/mol. The number of halogens is 1. The Bertz CT molecular complexity index is 820. The Labute approximate surface area is 146 Å². The average Bonchev–Trinajstić information content (AvgIpc) is 2.84. The van der Waals surface area contributed by atoms with E-state index in [4.69, 9.17) is 5.73 Å². The van der Waals surface area contributed by atoms with Gasteiger partial charge in [-0.25, -0.2) is 13.1 Å². The van der Waals surface area contributed by atoms with Crippen LogP contribution in [0.5, 0.6) is 0 Å². The van der Waals surface area contributed by atoms with Gasteiger partial charge in [-0.2, -0.15) is 5.10 Å². The lowest BCUT2D eigenvalue weighted by molar-refractivity contribution is 0.102. The van der Waals surface area contributed by atoms with Gasteiger partial charge in [0.1, 0.15) is 0 Å². The van der Waals surface area contributed by atoms with E-state index >= 15 is 0 Å². The number of rotatable bonds is 6. The summed E-state index contributed by atoms with van der Waals surface area (Å²) in [5.41, 5.74) is 6.71. The van der Waals surface area contributed by atoms with Crippen molar-refractivity contribution in [2.75, 3.05) is 18.4 Å². The number of anilines is 1. The van der Waals surface area contributed by atoms with Gasteiger partial charge in [0, 0.05) is 32.0 Å². The van der Waals surface area contributed by atoms with Gasteiger partial charge in [-0.3, -0.25) is 9.48 Å². The van der Waals surface area contributed by atoms with E-state index in [1.165, 1.54) is 12.1 Å². The van der Waals surface area contributed by atoms with Crippen LogP contribution in [0.3, 0.4) is 0 Å². The molecule has 10 heteroatoms. The summed E-state index contributed by atoms with van der Waals surface area (Å²) < 4.78 is 28.0. The zero-order valence-electron chi connectivity index (χ0n) is 13.3. The maximum Gasteiger partial charge on any atom is 0.259 e. The molecule has 0 aliphatic heterocycles. The standard InChI is InChI=1S/C14H19N5O3S.ClH/c1-10-13(9-19(2)18-10)14(20)17-11-4-3-5-12(8-11)23(21,22)16-7-6-15;/h3-5,8-9,16H,6-7,15H2,1-2H3,(H,17,20);1H. The molecule has 1 amide bonds. The Morgan fingerprint density at radius 1 is 1.38 bits per heavy atom. The largest absolute Gasteiger partial charge is 0.329 e. The second-order valence-electron chi connectivity index (χ2n) is 4.97. The molecular weight excluding hydrogens is 354 g/mol. The SMILES string of the molecule is Cc1nn(C)cc1C(=O)Nc1cccc(S(=O)(=O)NCCN)c1.Cl. The molecule has 2 rings (SSSR count). The molecule has 0 saturated carbocycles. The van der Waals surface area contributed by atoms with Gasteiger partial charge >= 0.3 is 0 Å². The Kier molecular flexibility index (Phi) is 6.91. The number of nitrogens with two attached hydrogens (primary N) is 1. The Hall–Kier alpha value is -1.94. The second kappa shape index (κ2) is 8.25. The van der Waals surface area contributed by atoms with E-state index in [9.17, 15) is 13.2 Å². The van der Waals surface area contributed by atoms with Crippen LogP contribution in [0.15, 0.2) is 35.4 Å². The number of aromatic nitrogens is 2. The highest BCUT2D eigenvalue weighted by molar-refractivity contribution is 7.89. The van der Waals surface area contributed by atoms with Gasteiger partial charge in [-0.15, -0.1) is 12.4 Å². The van der Waals surface area contributed by atoms with Crippen LogP contribution in [0.25, 0.3) is 0 Å². The van der Waals surface area contributed by atoms with Crippen LogP contribution in [-0.4, -0.2) is 37.2 Å². The number of amides is 1. The normalized spacial score (nSPS) is 11.0.